The van der Waals surface area contributed by atoms with Crippen LogP contribution in [0.5, 0.6) is 0 Å². The summed E-state index contributed by atoms with van der Waals surface area (Å²) in [5.41, 5.74) is 1.87. The van der Waals surface area contributed by atoms with E-state index >= 15 is 0 Å². The van der Waals surface area contributed by atoms with Gasteiger partial charge in [0.05, 0.1) is 11.9 Å². The van der Waals surface area contributed by atoms with Crippen molar-refractivity contribution in [1.82, 2.24) is 0 Å². The highest BCUT2D eigenvalue weighted by Crippen LogP contribution is 2.61. The molecule has 5 nitrogen and oxygen atoms in total. The third kappa shape index (κ3) is 1.37. The maximum Gasteiger partial charge on any atom is 0.234 e. The molecule has 3 aliphatic rings. The molecular formula is C18H16N2O3S. The molecule has 5 rings (SSSR count). The number of anilines is 2. The number of Topliss-reactive ketones (excluding diaryl/α,β-unsaturated/α-hetero) is 1. The first-order chi connectivity index (χ1) is 11.5. The summed E-state index contributed by atoms with van der Waals surface area (Å²) in [6.07, 6.45) is 1.96. The quantitative estimate of drug-likeness (QED) is 0.800. The van der Waals surface area contributed by atoms with Crippen molar-refractivity contribution < 1.29 is 13.2 Å². The number of benzene rings is 2. The smallest absolute Gasteiger partial charge is 0.234 e. The zero-order chi connectivity index (χ0) is 16.7. The van der Waals surface area contributed by atoms with E-state index in [-0.39, 0.29) is 11.7 Å². The Morgan fingerprint density at radius 1 is 1.04 bits per heavy atom. The van der Waals surface area contributed by atoms with Crippen LogP contribution in [0.2, 0.25) is 0 Å². The number of rotatable bonds is 1. The van der Waals surface area contributed by atoms with E-state index < -0.39 is 15.7 Å². The molecule has 0 N–H and O–H groups in total. The molecule has 3 aliphatic heterocycles. The molecule has 2 aromatic rings. The minimum Gasteiger partial charge on any atom is -0.340 e. The van der Waals surface area contributed by atoms with Gasteiger partial charge in [-0.3, -0.25) is 4.79 Å². The van der Waals surface area contributed by atoms with Gasteiger partial charge in [0.25, 0.3) is 0 Å². The summed E-state index contributed by atoms with van der Waals surface area (Å²) in [5, 5.41) is 0. The Balaban J connectivity index is 1.87. The molecule has 0 saturated carbocycles. The molecule has 24 heavy (non-hydrogen) atoms. The zero-order valence-corrected chi connectivity index (χ0v) is 14.0. The fourth-order valence-electron chi connectivity index (χ4n) is 4.80. The lowest BCUT2D eigenvalue weighted by atomic mass is 9.87. The molecule has 0 unspecified atom stereocenters. The maximum atomic E-state index is 13.5. The number of sulfonamides is 1. The molecule has 0 amide bonds. The minimum atomic E-state index is -3.61. The maximum absolute atomic E-state index is 13.5. The molecular weight excluding hydrogens is 324 g/mol. The number of hydrogen-bond acceptors (Lipinski definition) is 4. The van der Waals surface area contributed by atoms with Crippen LogP contribution in [0.25, 0.3) is 0 Å². The molecule has 0 aliphatic carbocycles. The summed E-state index contributed by atoms with van der Waals surface area (Å²) in [6, 6.07) is 14.9. The zero-order valence-electron chi connectivity index (χ0n) is 13.1. The Labute approximate surface area is 140 Å². The Kier molecular flexibility index (Phi) is 2.45. The van der Waals surface area contributed by atoms with E-state index in [4.69, 9.17) is 0 Å². The van der Waals surface area contributed by atoms with Gasteiger partial charge >= 0.3 is 0 Å². The van der Waals surface area contributed by atoms with Gasteiger partial charge in [0.1, 0.15) is 0 Å². The lowest BCUT2D eigenvalue weighted by Crippen LogP contribution is -2.61. The van der Waals surface area contributed by atoms with Crippen LogP contribution in [0.3, 0.4) is 0 Å². The summed E-state index contributed by atoms with van der Waals surface area (Å²) < 4.78 is 26.8. The Morgan fingerprint density at radius 3 is 2.46 bits per heavy atom. The first kappa shape index (κ1) is 14.0. The molecule has 2 atom stereocenters. The SMILES string of the molecule is CS(=O)(=O)N1c2ccccc2[C@H]2CCN3c4ccccc4C(=O)[C@]231. The van der Waals surface area contributed by atoms with Crippen molar-refractivity contribution in [3.63, 3.8) is 0 Å². The van der Waals surface area contributed by atoms with E-state index in [0.717, 1.165) is 17.7 Å². The van der Waals surface area contributed by atoms with Crippen LogP contribution in [0.4, 0.5) is 11.4 Å². The van der Waals surface area contributed by atoms with Gasteiger partial charge < -0.3 is 4.90 Å². The summed E-state index contributed by atoms with van der Waals surface area (Å²) in [4.78, 5) is 15.5. The molecule has 6 heteroatoms. The van der Waals surface area contributed by atoms with E-state index in [0.29, 0.717) is 17.8 Å². The second-order valence-corrected chi connectivity index (χ2v) is 8.48. The van der Waals surface area contributed by atoms with Crippen molar-refractivity contribution in [3.8, 4) is 0 Å². The van der Waals surface area contributed by atoms with Gasteiger partial charge in [0, 0.05) is 23.7 Å². The third-order valence-electron chi connectivity index (χ3n) is 5.48. The van der Waals surface area contributed by atoms with Crippen LogP contribution in [0.15, 0.2) is 48.5 Å². The monoisotopic (exact) mass is 340 g/mol. The van der Waals surface area contributed by atoms with Crippen LogP contribution in [-0.4, -0.2) is 32.7 Å². The first-order valence-corrected chi connectivity index (χ1v) is 9.83. The Bertz CT molecular complexity index is 993. The first-order valence-electron chi connectivity index (χ1n) is 7.98. The van der Waals surface area contributed by atoms with Crippen molar-refractivity contribution in [1.29, 1.82) is 0 Å². The number of nitrogens with zero attached hydrogens (tertiary/aromatic N) is 2. The largest absolute Gasteiger partial charge is 0.340 e. The van der Waals surface area contributed by atoms with E-state index in [1.807, 2.05) is 41.3 Å². The molecule has 122 valence electrons. The van der Waals surface area contributed by atoms with Crippen LogP contribution < -0.4 is 9.21 Å². The number of para-hydroxylation sites is 2. The van der Waals surface area contributed by atoms with Crippen LogP contribution in [0, 0.1) is 0 Å². The van der Waals surface area contributed by atoms with Gasteiger partial charge in [-0.2, -0.15) is 0 Å². The molecule has 1 spiro atoms. The minimum absolute atomic E-state index is 0.109. The highest BCUT2D eigenvalue weighted by atomic mass is 32.2. The predicted octanol–water partition coefficient (Wildman–Crippen LogP) is 2.35. The fraction of sp³-hybridized carbons (Fsp3) is 0.278. The second kappa shape index (κ2) is 4.19. The van der Waals surface area contributed by atoms with Gasteiger partial charge in [0.15, 0.2) is 5.66 Å². The van der Waals surface area contributed by atoms with Gasteiger partial charge in [-0.1, -0.05) is 30.3 Å². The van der Waals surface area contributed by atoms with Crippen molar-refractivity contribution in [2.45, 2.75) is 18.0 Å². The van der Waals surface area contributed by atoms with Crippen LogP contribution >= 0.6 is 0 Å². The van der Waals surface area contributed by atoms with Crippen molar-refractivity contribution in [2.24, 2.45) is 0 Å². The van der Waals surface area contributed by atoms with Crippen LogP contribution in [-0.2, 0) is 10.0 Å². The van der Waals surface area contributed by atoms with E-state index in [1.54, 1.807) is 12.1 Å². The highest BCUT2D eigenvalue weighted by Gasteiger charge is 2.69. The molecule has 3 heterocycles. The summed E-state index contributed by atoms with van der Waals surface area (Å²) in [6.45, 7) is 0.674. The van der Waals surface area contributed by atoms with E-state index in [2.05, 4.69) is 0 Å². The lowest BCUT2D eigenvalue weighted by Gasteiger charge is -2.39. The van der Waals surface area contributed by atoms with Crippen molar-refractivity contribution in [3.05, 3.63) is 59.7 Å². The average Bonchev–Trinajstić information content (AvgIpc) is 3.13. The normalized spacial score (nSPS) is 27.0. The molecule has 1 fully saturated rings. The fourth-order valence-corrected chi connectivity index (χ4v) is 6.14. The highest BCUT2D eigenvalue weighted by molar-refractivity contribution is 7.92. The molecule has 1 saturated heterocycles. The van der Waals surface area contributed by atoms with Crippen molar-refractivity contribution in [2.75, 3.05) is 22.0 Å². The van der Waals surface area contributed by atoms with Gasteiger partial charge in [0.2, 0.25) is 15.8 Å². The lowest BCUT2D eigenvalue weighted by molar-refractivity contribution is 0.0909. The van der Waals surface area contributed by atoms with Gasteiger partial charge in [-0.15, -0.1) is 0 Å². The summed E-state index contributed by atoms with van der Waals surface area (Å²) >= 11 is 0. The topological polar surface area (TPSA) is 57.7 Å². The molecule has 2 aromatic carbocycles. The Hall–Kier alpha value is -2.34. The average molecular weight is 340 g/mol. The van der Waals surface area contributed by atoms with Gasteiger partial charge in [-0.25, -0.2) is 12.7 Å². The Morgan fingerprint density at radius 2 is 1.71 bits per heavy atom. The van der Waals surface area contributed by atoms with E-state index in [1.165, 1.54) is 10.6 Å². The predicted molar refractivity (Wildman–Crippen MR) is 92.0 cm³/mol. The number of carbonyl (C=O) groups excluding carboxylic acids is 1. The standard InChI is InChI=1S/C18H16N2O3S/c1-24(22,23)20-16-9-5-2-6-12(16)14-10-11-19-15-8-4-3-7-13(15)17(21)18(14,19)20/h2-9,14H,10-11H2,1H3/t14-,18-/m1/s1. The third-order valence-corrected chi connectivity index (χ3v) is 6.62. The number of ketones is 1. The summed E-state index contributed by atoms with van der Waals surface area (Å²) in [5.74, 6) is -0.245. The van der Waals surface area contributed by atoms with Gasteiger partial charge in [-0.05, 0) is 30.2 Å². The molecule has 0 bridgehead atoms. The second-order valence-electron chi connectivity index (χ2n) is 6.65. The molecule has 0 aromatic heterocycles. The number of hydrogen-bond donors (Lipinski definition) is 0. The summed E-state index contributed by atoms with van der Waals surface area (Å²) in [7, 11) is -3.61. The number of carbonyl (C=O) groups is 1. The van der Waals surface area contributed by atoms with Crippen LogP contribution in [0.1, 0.15) is 28.3 Å². The van der Waals surface area contributed by atoms with E-state index in [9.17, 15) is 13.2 Å². The van der Waals surface area contributed by atoms with Crippen molar-refractivity contribution >= 4 is 27.2 Å². The number of fused-ring (bicyclic) bond motifs is 4. The molecule has 0 radical (unpaired) electrons.